The van der Waals surface area contributed by atoms with Crippen molar-refractivity contribution in [3.05, 3.63) is 0 Å². The predicted molar refractivity (Wildman–Crippen MR) is 91.4 cm³/mol. The van der Waals surface area contributed by atoms with Gasteiger partial charge < -0.3 is 20.4 Å². The molecule has 0 spiro atoms. The lowest BCUT2D eigenvalue weighted by Gasteiger charge is -2.45. The molecule has 2 amide bonds. The number of piperazine rings is 1. The lowest BCUT2D eigenvalue weighted by atomic mass is 9.67. The molecule has 0 radical (unpaired) electrons. The summed E-state index contributed by atoms with van der Waals surface area (Å²) >= 11 is 0. The molecule has 3 aliphatic heterocycles. The van der Waals surface area contributed by atoms with Gasteiger partial charge in [-0.2, -0.15) is 0 Å². The van der Waals surface area contributed by atoms with Crippen LogP contribution in [0.3, 0.4) is 0 Å². The zero-order valence-electron chi connectivity index (χ0n) is 14.6. The summed E-state index contributed by atoms with van der Waals surface area (Å²) in [5.41, 5.74) is -0.159. The molecule has 3 heterocycles. The Labute approximate surface area is 144 Å². The SMILES string of the molecule is O=C1CNCCN1C1CCCN(C(=O)[C@@]23CCCC[C@H]2CNC3)C1. The van der Waals surface area contributed by atoms with E-state index in [2.05, 4.69) is 15.5 Å². The number of hydrogen-bond acceptors (Lipinski definition) is 4. The van der Waals surface area contributed by atoms with Crippen molar-refractivity contribution in [2.24, 2.45) is 11.3 Å². The third kappa shape index (κ3) is 2.73. The van der Waals surface area contributed by atoms with Crippen LogP contribution in [0.1, 0.15) is 38.5 Å². The molecule has 3 atom stereocenters. The summed E-state index contributed by atoms with van der Waals surface area (Å²) in [5, 5.41) is 6.62. The predicted octanol–water partition coefficient (Wildman–Crippen LogP) is 0.189. The fourth-order valence-corrected chi connectivity index (χ4v) is 5.38. The lowest BCUT2D eigenvalue weighted by molar-refractivity contribution is -0.150. The maximum absolute atomic E-state index is 13.4. The Balaban J connectivity index is 1.47. The van der Waals surface area contributed by atoms with E-state index in [1.807, 2.05) is 4.90 Å². The Morgan fingerprint density at radius 3 is 2.92 bits per heavy atom. The van der Waals surface area contributed by atoms with E-state index in [4.69, 9.17) is 0 Å². The van der Waals surface area contributed by atoms with Crippen LogP contribution >= 0.6 is 0 Å². The maximum Gasteiger partial charge on any atom is 0.236 e. The number of piperidine rings is 1. The Morgan fingerprint density at radius 2 is 2.04 bits per heavy atom. The number of nitrogens with one attached hydrogen (secondary N) is 2. The first-order valence-electron chi connectivity index (χ1n) is 9.71. The smallest absolute Gasteiger partial charge is 0.236 e. The van der Waals surface area contributed by atoms with Crippen LogP contribution in [0.15, 0.2) is 0 Å². The van der Waals surface area contributed by atoms with Crippen LogP contribution in [-0.4, -0.2) is 73.5 Å². The largest absolute Gasteiger partial charge is 0.340 e. The molecule has 24 heavy (non-hydrogen) atoms. The molecular weight excluding hydrogens is 304 g/mol. The van der Waals surface area contributed by atoms with E-state index in [1.165, 1.54) is 19.3 Å². The fraction of sp³-hybridized carbons (Fsp3) is 0.889. The number of carbonyl (C=O) groups excluding carboxylic acids is 2. The highest BCUT2D eigenvalue weighted by Gasteiger charge is 2.52. The molecule has 6 heteroatoms. The van der Waals surface area contributed by atoms with Crippen molar-refractivity contribution in [1.29, 1.82) is 0 Å². The van der Waals surface area contributed by atoms with Crippen LogP contribution in [0.2, 0.25) is 0 Å². The fourth-order valence-electron chi connectivity index (χ4n) is 5.38. The van der Waals surface area contributed by atoms with E-state index in [1.54, 1.807) is 0 Å². The van der Waals surface area contributed by atoms with Gasteiger partial charge in [-0.3, -0.25) is 9.59 Å². The molecule has 4 rings (SSSR count). The summed E-state index contributed by atoms with van der Waals surface area (Å²) in [6.45, 7) is 5.54. The Bertz CT molecular complexity index is 511. The third-order valence-electron chi connectivity index (χ3n) is 6.71. The summed E-state index contributed by atoms with van der Waals surface area (Å²) in [7, 11) is 0. The van der Waals surface area contributed by atoms with Gasteiger partial charge in [0.05, 0.1) is 12.0 Å². The number of fused-ring (bicyclic) bond motifs is 1. The van der Waals surface area contributed by atoms with E-state index in [-0.39, 0.29) is 17.4 Å². The molecule has 2 N–H and O–H groups in total. The number of amides is 2. The molecule has 3 saturated heterocycles. The average molecular weight is 334 g/mol. The number of nitrogens with zero attached hydrogens (tertiary/aromatic N) is 2. The van der Waals surface area contributed by atoms with Crippen molar-refractivity contribution >= 4 is 11.8 Å². The molecular formula is C18H30N4O2. The maximum atomic E-state index is 13.4. The van der Waals surface area contributed by atoms with Crippen LogP contribution in [0.5, 0.6) is 0 Å². The van der Waals surface area contributed by atoms with Crippen molar-refractivity contribution in [2.75, 3.05) is 45.8 Å². The number of hydrogen-bond donors (Lipinski definition) is 2. The van der Waals surface area contributed by atoms with Gasteiger partial charge in [0.25, 0.3) is 0 Å². The second kappa shape index (κ2) is 6.64. The van der Waals surface area contributed by atoms with Crippen molar-refractivity contribution in [3.63, 3.8) is 0 Å². The van der Waals surface area contributed by atoms with Gasteiger partial charge in [-0.15, -0.1) is 0 Å². The lowest BCUT2D eigenvalue weighted by Crippen LogP contribution is -2.59. The number of rotatable bonds is 2. The van der Waals surface area contributed by atoms with Crippen LogP contribution < -0.4 is 10.6 Å². The minimum Gasteiger partial charge on any atom is -0.340 e. The molecule has 4 fully saturated rings. The monoisotopic (exact) mass is 334 g/mol. The van der Waals surface area contributed by atoms with Gasteiger partial charge >= 0.3 is 0 Å². The summed E-state index contributed by atoms with van der Waals surface area (Å²) < 4.78 is 0. The molecule has 0 bridgehead atoms. The second-order valence-electron chi connectivity index (χ2n) is 8.04. The highest BCUT2D eigenvalue weighted by Crippen LogP contribution is 2.45. The molecule has 0 aromatic rings. The van der Waals surface area contributed by atoms with Crippen molar-refractivity contribution < 1.29 is 9.59 Å². The van der Waals surface area contributed by atoms with Gasteiger partial charge in [0.1, 0.15) is 0 Å². The van der Waals surface area contributed by atoms with Crippen molar-refractivity contribution in [1.82, 2.24) is 20.4 Å². The molecule has 0 aromatic carbocycles. The average Bonchev–Trinajstić information content (AvgIpc) is 3.07. The van der Waals surface area contributed by atoms with Gasteiger partial charge in [0.2, 0.25) is 11.8 Å². The Kier molecular flexibility index (Phi) is 4.52. The molecule has 6 nitrogen and oxygen atoms in total. The molecule has 4 aliphatic rings. The molecule has 1 saturated carbocycles. The Morgan fingerprint density at radius 1 is 1.12 bits per heavy atom. The zero-order valence-corrected chi connectivity index (χ0v) is 14.6. The summed E-state index contributed by atoms with van der Waals surface area (Å²) in [6, 6.07) is 0.213. The quantitative estimate of drug-likeness (QED) is 0.757. The first-order chi connectivity index (χ1) is 11.7. The first kappa shape index (κ1) is 16.3. The molecule has 1 aliphatic carbocycles. The van der Waals surface area contributed by atoms with Gasteiger partial charge in [-0.25, -0.2) is 0 Å². The van der Waals surface area contributed by atoms with Crippen LogP contribution in [0, 0.1) is 11.3 Å². The van der Waals surface area contributed by atoms with Gasteiger partial charge in [0, 0.05) is 38.8 Å². The molecule has 0 aromatic heterocycles. The molecule has 134 valence electrons. The number of likely N-dealkylation sites (tertiary alicyclic amines) is 1. The topological polar surface area (TPSA) is 64.7 Å². The summed E-state index contributed by atoms with van der Waals surface area (Å²) in [4.78, 5) is 29.7. The van der Waals surface area contributed by atoms with E-state index in [0.717, 1.165) is 58.5 Å². The minimum absolute atomic E-state index is 0.159. The molecule has 1 unspecified atom stereocenters. The van der Waals surface area contributed by atoms with Crippen molar-refractivity contribution in [2.45, 2.75) is 44.6 Å². The third-order valence-corrected chi connectivity index (χ3v) is 6.71. The van der Waals surface area contributed by atoms with E-state index in [9.17, 15) is 9.59 Å². The van der Waals surface area contributed by atoms with Gasteiger partial charge in [-0.1, -0.05) is 12.8 Å². The zero-order chi connectivity index (χ0) is 16.6. The Hall–Kier alpha value is -1.14. The first-order valence-corrected chi connectivity index (χ1v) is 9.71. The van der Waals surface area contributed by atoms with Gasteiger partial charge in [-0.05, 0) is 38.1 Å². The number of carbonyl (C=O) groups is 2. The van der Waals surface area contributed by atoms with Gasteiger partial charge in [0.15, 0.2) is 0 Å². The van der Waals surface area contributed by atoms with E-state index >= 15 is 0 Å². The van der Waals surface area contributed by atoms with Crippen molar-refractivity contribution in [3.8, 4) is 0 Å². The standard InChI is InChI=1S/C18H30N4O2/c23-16-11-19-7-9-22(16)15-5-3-8-21(12-15)17(24)18-6-2-1-4-14(18)10-20-13-18/h14-15,19-20H,1-13H2/t14-,15?,18+/m0/s1. The van der Waals surface area contributed by atoms with Crippen LogP contribution in [0.25, 0.3) is 0 Å². The minimum atomic E-state index is -0.159. The summed E-state index contributed by atoms with van der Waals surface area (Å²) in [6.07, 6.45) is 6.71. The van der Waals surface area contributed by atoms with Crippen LogP contribution in [0.4, 0.5) is 0 Å². The highest BCUT2D eigenvalue weighted by molar-refractivity contribution is 5.84. The summed E-state index contributed by atoms with van der Waals surface area (Å²) in [5.74, 6) is 1.07. The second-order valence-corrected chi connectivity index (χ2v) is 8.04. The van der Waals surface area contributed by atoms with E-state index < -0.39 is 0 Å². The van der Waals surface area contributed by atoms with Crippen LogP contribution in [-0.2, 0) is 9.59 Å². The highest BCUT2D eigenvalue weighted by atomic mass is 16.2. The van der Waals surface area contributed by atoms with E-state index in [0.29, 0.717) is 18.4 Å². The normalized spacial score (nSPS) is 37.4.